The average molecular weight is 504 g/mol. The fourth-order valence-corrected chi connectivity index (χ4v) is 6.31. The highest BCUT2D eigenvalue weighted by Crippen LogP contribution is 2.36. The molecule has 4 aromatic rings. The molecular weight excluding hydrogens is 470 g/mol. The molecule has 192 valence electrons. The van der Waals surface area contributed by atoms with Crippen LogP contribution in [-0.4, -0.2) is 57.3 Å². The van der Waals surface area contributed by atoms with Gasteiger partial charge in [-0.05, 0) is 93.2 Å². The summed E-state index contributed by atoms with van der Waals surface area (Å²) in [5.74, 6) is 0.139. The van der Waals surface area contributed by atoms with E-state index < -0.39 is 0 Å². The van der Waals surface area contributed by atoms with Crippen LogP contribution in [0.4, 0.5) is 0 Å². The van der Waals surface area contributed by atoms with Crippen LogP contribution in [0.1, 0.15) is 54.4 Å². The number of benzene rings is 2. The van der Waals surface area contributed by atoms with Crippen molar-refractivity contribution < 1.29 is 4.79 Å². The van der Waals surface area contributed by atoms with Crippen molar-refractivity contribution >= 4 is 11.6 Å². The van der Waals surface area contributed by atoms with Crippen molar-refractivity contribution in [1.29, 1.82) is 5.26 Å². The molecule has 0 N–H and O–H groups in total. The zero-order valence-electron chi connectivity index (χ0n) is 21.9. The summed E-state index contributed by atoms with van der Waals surface area (Å²) in [5.41, 5.74) is 6.63. The van der Waals surface area contributed by atoms with Crippen molar-refractivity contribution in [3.63, 3.8) is 0 Å². The monoisotopic (exact) mass is 503 g/mol. The Labute approximate surface area is 224 Å². The molecule has 1 atom stereocenters. The molecular formula is C32H33N5O. The topological polar surface area (TPSA) is 64.6 Å². The number of hydrogen-bond acceptors (Lipinski definition) is 4. The summed E-state index contributed by atoms with van der Waals surface area (Å²) in [6, 6.07) is 21.8. The standard InChI is InChI=1S/C32H33N5O/c1-35-18-3-2-15-32(35)16-4-19-36(20-17-32)31(38)27-11-9-25(10-12-27)28-13-14-30-34-22-29(37(30)23-28)26-7-5-24(21-33)6-8-26/h5-14,22-23H,2-4,15-20H2,1H3. The van der Waals surface area contributed by atoms with E-state index in [2.05, 4.69) is 44.6 Å². The zero-order valence-corrected chi connectivity index (χ0v) is 21.9. The molecule has 2 fully saturated rings. The minimum Gasteiger partial charge on any atom is -0.339 e. The van der Waals surface area contributed by atoms with Gasteiger partial charge in [-0.2, -0.15) is 5.26 Å². The minimum absolute atomic E-state index is 0.139. The van der Waals surface area contributed by atoms with Crippen molar-refractivity contribution in [3.8, 4) is 28.5 Å². The molecule has 0 bridgehead atoms. The molecule has 2 aliphatic rings. The molecule has 1 spiro atoms. The maximum atomic E-state index is 13.4. The van der Waals surface area contributed by atoms with Crippen molar-refractivity contribution in [2.75, 3.05) is 26.7 Å². The predicted molar refractivity (Wildman–Crippen MR) is 150 cm³/mol. The number of carbonyl (C=O) groups excluding carboxylic acids is 1. The number of rotatable bonds is 3. The molecule has 2 aliphatic heterocycles. The fourth-order valence-electron chi connectivity index (χ4n) is 6.31. The summed E-state index contributed by atoms with van der Waals surface area (Å²) in [5, 5.41) is 9.10. The molecule has 4 heterocycles. The number of nitrogens with zero attached hydrogens (tertiary/aromatic N) is 5. The number of carbonyl (C=O) groups is 1. The van der Waals surface area contributed by atoms with Gasteiger partial charge in [0.25, 0.3) is 5.91 Å². The molecule has 2 saturated heterocycles. The van der Waals surface area contributed by atoms with E-state index in [1.807, 2.05) is 60.8 Å². The summed E-state index contributed by atoms with van der Waals surface area (Å²) in [6.45, 7) is 2.85. The van der Waals surface area contributed by atoms with Crippen LogP contribution in [0.3, 0.4) is 0 Å². The lowest BCUT2D eigenvalue weighted by molar-refractivity contribution is 0.0556. The second-order valence-electron chi connectivity index (χ2n) is 10.8. The van der Waals surface area contributed by atoms with Gasteiger partial charge in [0.1, 0.15) is 5.65 Å². The van der Waals surface area contributed by atoms with E-state index in [0.717, 1.165) is 59.5 Å². The Balaban J connectivity index is 1.20. The first kappa shape index (κ1) is 24.4. The second kappa shape index (κ2) is 10.1. The van der Waals surface area contributed by atoms with Gasteiger partial charge in [0.2, 0.25) is 0 Å². The van der Waals surface area contributed by atoms with Crippen LogP contribution < -0.4 is 0 Å². The molecule has 1 unspecified atom stereocenters. The summed E-state index contributed by atoms with van der Waals surface area (Å²) in [6.07, 6.45) is 11.1. The number of likely N-dealkylation sites (tertiary alicyclic amines) is 2. The molecule has 2 aromatic heterocycles. The lowest BCUT2D eigenvalue weighted by Gasteiger charge is -2.45. The number of imidazole rings is 1. The maximum absolute atomic E-state index is 13.4. The highest BCUT2D eigenvalue weighted by Gasteiger charge is 2.38. The van der Waals surface area contributed by atoms with E-state index in [1.54, 1.807) is 0 Å². The number of aromatic nitrogens is 2. The first-order valence-electron chi connectivity index (χ1n) is 13.6. The van der Waals surface area contributed by atoms with Gasteiger partial charge >= 0.3 is 0 Å². The third kappa shape index (κ3) is 4.48. The van der Waals surface area contributed by atoms with Crippen LogP contribution in [0, 0.1) is 11.3 Å². The number of fused-ring (bicyclic) bond motifs is 1. The molecule has 6 rings (SSSR count). The quantitative estimate of drug-likeness (QED) is 0.343. The summed E-state index contributed by atoms with van der Waals surface area (Å²) >= 11 is 0. The van der Waals surface area contributed by atoms with Gasteiger partial charge in [-0.1, -0.05) is 30.7 Å². The van der Waals surface area contributed by atoms with Gasteiger partial charge in [0.15, 0.2) is 0 Å². The van der Waals surface area contributed by atoms with Gasteiger partial charge in [-0.25, -0.2) is 4.98 Å². The van der Waals surface area contributed by atoms with E-state index in [9.17, 15) is 4.79 Å². The van der Waals surface area contributed by atoms with E-state index in [0.29, 0.717) is 5.56 Å². The van der Waals surface area contributed by atoms with Gasteiger partial charge in [0.05, 0.1) is 23.5 Å². The zero-order chi connectivity index (χ0) is 26.1. The first-order valence-corrected chi connectivity index (χ1v) is 13.6. The third-order valence-corrected chi connectivity index (χ3v) is 8.68. The number of amides is 1. The highest BCUT2D eigenvalue weighted by molar-refractivity contribution is 5.94. The SMILES string of the molecule is CN1CCCCC12CCCN(C(=O)c1ccc(-c3ccc4ncc(-c5ccc(C#N)cc5)n4c3)cc1)CC2. The van der Waals surface area contributed by atoms with Crippen LogP contribution in [0.15, 0.2) is 73.1 Å². The van der Waals surface area contributed by atoms with E-state index in [1.165, 1.54) is 32.2 Å². The molecule has 38 heavy (non-hydrogen) atoms. The van der Waals surface area contributed by atoms with Crippen LogP contribution in [0.2, 0.25) is 0 Å². The van der Waals surface area contributed by atoms with Crippen LogP contribution in [-0.2, 0) is 0 Å². The van der Waals surface area contributed by atoms with Crippen LogP contribution in [0.25, 0.3) is 28.0 Å². The Bertz CT molecular complexity index is 1500. The normalized spacial score (nSPS) is 20.4. The van der Waals surface area contributed by atoms with Crippen molar-refractivity contribution in [2.45, 2.75) is 44.1 Å². The summed E-state index contributed by atoms with van der Waals surface area (Å²) in [7, 11) is 2.27. The number of piperidine rings is 1. The minimum atomic E-state index is 0.139. The largest absolute Gasteiger partial charge is 0.339 e. The Kier molecular flexibility index (Phi) is 6.47. The van der Waals surface area contributed by atoms with Gasteiger partial charge in [-0.3, -0.25) is 9.20 Å². The summed E-state index contributed by atoms with van der Waals surface area (Å²) < 4.78 is 2.07. The second-order valence-corrected chi connectivity index (χ2v) is 10.8. The Morgan fingerprint density at radius 2 is 1.58 bits per heavy atom. The van der Waals surface area contributed by atoms with Crippen molar-refractivity contribution in [3.05, 3.63) is 84.2 Å². The predicted octanol–water partition coefficient (Wildman–Crippen LogP) is 6.02. The first-order chi connectivity index (χ1) is 18.6. The average Bonchev–Trinajstić information content (AvgIpc) is 3.27. The number of hydrogen-bond donors (Lipinski definition) is 0. The number of nitriles is 1. The highest BCUT2D eigenvalue weighted by atomic mass is 16.2. The lowest BCUT2D eigenvalue weighted by Crippen LogP contribution is -2.50. The van der Waals surface area contributed by atoms with E-state index in [-0.39, 0.29) is 11.4 Å². The van der Waals surface area contributed by atoms with Crippen LogP contribution >= 0.6 is 0 Å². The smallest absolute Gasteiger partial charge is 0.253 e. The molecule has 0 radical (unpaired) electrons. The Hall–Kier alpha value is -3.95. The van der Waals surface area contributed by atoms with Gasteiger partial charge in [0, 0.05) is 36.0 Å². The summed E-state index contributed by atoms with van der Waals surface area (Å²) in [4.78, 5) is 22.6. The molecule has 6 nitrogen and oxygen atoms in total. The van der Waals surface area contributed by atoms with Crippen molar-refractivity contribution in [1.82, 2.24) is 19.2 Å². The van der Waals surface area contributed by atoms with E-state index >= 15 is 0 Å². The van der Waals surface area contributed by atoms with Crippen LogP contribution in [0.5, 0.6) is 0 Å². The molecule has 2 aromatic carbocycles. The van der Waals surface area contributed by atoms with Gasteiger partial charge < -0.3 is 9.80 Å². The third-order valence-electron chi connectivity index (χ3n) is 8.68. The Morgan fingerprint density at radius 3 is 2.34 bits per heavy atom. The molecule has 1 amide bonds. The fraction of sp³-hybridized carbons (Fsp3) is 0.344. The van der Waals surface area contributed by atoms with E-state index in [4.69, 9.17) is 5.26 Å². The lowest BCUT2D eigenvalue weighted by atomic mass is 9.81. The number of pyridine rings is 1. The van der Waals surface area contributed by atoms with Gasteiger partial charge in [-0.15, -0.1) is 0 Å². The Morgan fingerprint density at radius 1 is 0.842 bits per heavy atom. The molecule has 0 saturated carbocycles. The maximum Gasteiger partial charge on any atom is 0.253 e. The molecule has 0 aliphatic carbocycles. The molecule has 6 heteroatoms. The van der Waals surface area contributed by atoms with Crippen molar-refractivity contribution in [2.24, 2.45) is 0 Å².